The first-order chi connectivity index (χ1) is 19.9. The minimum Gasteiger partial charge on any atom is -0.488 e. The molecule has 2 aromatic carbocycles. The molecule has 0 saturated carbocycles. The van der Waals surface area contributed by atoms with Gasteiger partial charge in [-0.05, 0) is 66.3 Å². The van der Waals surface area contributed by atoms with Gasteiger partial charge in [0, 0.05) is 26.1 Å². The molecule has 1 unspecified atom stereocenters. The number of carboxylic acids is 1. The van der Waals surface area contributed by atoms with Crippen LogP contribution in [0.2, 0.25) is 0 Å². The van der Waals surface area contributed by atoms with E-state index in [0.717, 1.165) is 61.1 Å². The fourth-order valence-corrected chi connectivity index (χ4v) is 6.27. The van der Waals surface area contributed by atoms with E-state index in [9.17, 15) is 9.90 Å². The zero-order valence-corrected chi connectivity index (χ0v) is 23.5. The van der Waals surface area contributed by atoms with Crippen LogP contribution in [0, 0.1) is 13.8 Å². The van der Waals surface area contributed by atoms with Crippen LogP contribution in [-0.4, -0.2) is 51.6 Å². The van der Waals surface area contributed by atoms with Crippen molar-refractivity contribution in [2.45, 2.75) is 52.6 Å². The lowest BCUT2D eigenvalue weighted by atomic mass is 9.91. The lowest BCUT2D eigenvalue weighted by Gasteiger charge is -2.40. The summed E-state index contributed by atoms with van der Waals surface area (Å²) in [6.45, 7) is 10.4. The van der Waals surface area contributed by atoms with E-state index in [1.54, 1.807) is 4.68 Å². The number of ether oxygens (including phenoxy) is 3. The number of carbonyl (C=O) groups is 1. The Hall–Kier alpha value is -4.21. The van der Waals surface area contributed by atoms with Gasteiger partial charge in [-0.1, -0.05) is 34.0 Å². The Labute approximate surface area is 238 Å². The third-order valence-corrected chi connectivity index (χ3v) is 8.65. The predicted molar refractivity (Wildman–Crippen MR) is 150 cm³/mol. The molecular weight excluding hydrogens is 520 g/mol. The molecule has 0 radical (unpaired) electrons. The maximum Gasteiger partial charge on any atom is 0.345 e. The second-order valence-electron chi connectivity index (χ2n) is 11.1. The Balaban J connectivity index is 1.21. The molecule has 0 bridgehead atoms. The minimum absolute atomic E-state index is 0.0401. The number of nitrogens with zero attached hydrogens (tertiary/aromatic N) is 4. The summed E-state index contributed by atoms with van der Waals surface area (Å²) in [5, 5.41) is 13.9. The fourth-order valence-electron chi connectivity index (χ4n) is 6.27. The number of hydrogen-bond acceptors (Lipinski definition) is 6. The van der Waals surface area contributed by atoms with Gasteiger partial charge in [-0.3, -0.25) is 4.90 Å². The maximum atomic E-state index is 11.7. The Morgan fingerprint density at radius 2 is 1.98 bits per heavy atom. The molecule has 7 rings (SSSR count). The summed E-state index contributed by atoms with van der Waals surface area (Å²) < 4.78 is 21.7. The average Bonchev–Trinajstić information content (AvgIpc) is 3.36. The van der Waals surface area contributed by atoms with E-state index in [1.165, 1.54) is 28.5 Å². The van der Waals surface area contributed by atoms with Crippen molar-refractivity contribution in [1.29, 1.82) is 0 Å². The molecule has 9 heteroatoms. The van der Waals surface area contributed by atoms with Gasteiger partial charge in [0.1, 0.15) is 18.1 Å². The highest BCUT2D eigenvalue weighted by molar-refractivity contribution is 5.90. The first-order valence-corrected chi connectivity index (χ1v) is 14.1. The summed E-state index contributed by atoms with van der Waals surface area (Å²) >= 11 is 0. The number of aryl methyl sites for hydroxylation is 1. The van der Waals surface area contributed by atoms with E-state index in [2.05, 4.69) is 48.1 Å². The molecule has 2 aromatic heterocycles. The SMILES string of the molecule is Cc1cccc(-c2cccc3[n+]2C(C)Oc2c(C(=O)O)cnn2-3)c1OCc1ccc2c(c1C)CCN(C1COC1)C2. The van der Waals surface area contributed by atoms with Crippen LogP contribution in [0.4, 0.5) is 0 Å². The van der Waals surface area contributed by atoms with E-state index in [4.69, 9.17) is 14.2 Å². The minimum atomic E-state index is -1.07. The van der Waals surface area contributed by atoms with Crippen LogP contribution in [0.5, 0.6) is 11.6 Å². The Morgan fingerprint density at radius 1 is 1.15 bits per heavy atom. The Morgan fingerprint density at radius 3 is 2.76 bits per heavy atom. The van der Waals surface area contributed by atoms with Gasteiger partial charge in [0.15, 0.2) is 5.56 Å². The number of aromatic nitrogens is 3. The van der Waals surface area contributed by atoms with Gasteiger partial charge >= 0.3 is 17.7 Å². The van der Waals surface area contributed by atoms with Crippen molar-refractivity contribution >= 4 is 5.97 Å². The molecule has 4 aromatic rings. The van der Waals surface area contributed by atoms with E-state index < -0.39 is 12.2 Å². The zero-order valence-electron chi connectivity index (χ0n) is 23.5. The molecule has 9 nitrogen and oxygen atoms in total. The van der Waals surface area contributed by atoms with Gasteiger partial charge in [-0.25, -0.2) is 4.79 Å². The molecule has 3 aliphatic heterocycles. The summed E-state index contributed by atoms with van der Waals surface area (Å²) in [4.78, 5) is 14.2. The van der Waals surface area contributed by atoms with E-state index in [0.29, 0.717) is 12.6 Å². The number of fused-ring (bicyclic) bond motifs is 4. The van der Waals surface area contributed by atoms with Gasteiger partial charge in [-0.15, -0.1) is 0 Å². The highest BCUT2D eigenvalue weighted by atomic mass is 16.5. The molecule has 3 aliphatic rings. The number of rotatable bonds is 6. The van der Waals surface area contributed by atoms with Gasteiger partial charge in [0.05, 0.1) is 31.0 Å². The third-order valence-electron chi connectivity index (χ3n) is 8.65. The summed E-state index contributed by atoms with van der Waals surface area (Å²) in [6.07, 6.45) is 1.92. The summed E-state index contributed by atoms with van der Waals surface area (Å²) in [6, 6.07) is 17.1. The molecule has 0 aliphatic carbocycles. The normalized spacial score (nSPS) is 18.1. The Kier molecular flexibility index (Phi) is 6.28. The monoisotopic (exact) mass is 553 g/mol. The fraction of sp³-hybridized carbons (Fsp3) is 0.344. The number of aromatic carboxylic acids is 1. The van der Waals surface area contributed by atoms with E-state index in [-0.39, 0.29) is 11.4 Å². The number of para-hydroxylation sites is 1. The molecule has 210 valence electrons. The first kappa shape index (κ1) is 25.7. The van der Waals surface area contributed by atoms with E-state index in [1.807, 2.05) is 35.8 Å². The van der Waals surface area contributed by atoms with Crippen molar-refractivity contribution < 1.29 is 28.7 Å². The smallest absolute Gasteiger partial charge is 0.345 e. The van der Waals surface area contributed by atoms with Crippen molar-refractivity contribution in [3.63, 3.8) is 0 Å². The van der Waals surface area contributed by atoms with Crippen LogP contribution < -0.4 is 14.0 Å². The van der Waals surface area contributed by atoms with Crippen LogP contribution in [0.1, 0.15) is 51.3 Å². The second-order valence-corrected chi connectivity index (χ2v) is 11.1. The third kappa shape index (κ3) is 4.27. The van der Waals surface area contributed by atoms with Crippen LogP contribution >= 0.6 is 0 Å². The number of carboxylic acid groups (broad SMARTS) is 1. The number of hydrogen-bond donors (Lipinski definition) is 1. The molecular formula is C32H33N4O5+. The molecule has 5 heterocycles. The van der Waals surface area contributed by atoms with Crippen molar-refractivity contribution in [3.05, 3.63) is 88.1 Å². The lowest BCUT2D eigenvalue weighted by molar-refractivity contribution is -0.740. The van der Waals surface area contributed by atoms with Gasteiger partial charge < -0.3 is 19.3 Å². The molecule has 1 saturated heterocycles. The summed E-state index contributed by atoms with van der Waals surface area (Å²) in [7, 11) is 0. The van der Waals surface area contributed by atoms with Crippen LogP contribution in [0.25, 0.3) is 17.1 Å². The van der Waals surface area contributed by atoms with Gasteiger partial charge in [0.2, 0.25) is 6.23 Å². The molecule has 1 atom stereocenters. The molecule has 41 heavy (non-hydrogen) atoms. The van der Waals surface area contributed by atoms with Crippen molar-refractivity contribution in [3.8, 4) is 28.7 Å². The standard InChI is InChI=1S/C32H32N4O5/c1-19-6-4-7-26(28-8-5-9-29-35(28)21(3)41-31-27(32(37)38)14-33-36(29)31)30(19)40-16-23-11-10-22-15-34(24-17-39-18-24)13-12-25(22)20(23)2/h4-11,14,21,24H,12-13,15-18H2,1-3H3/p+1. The molecule has 0 spiro atoms. The molecule has 0 amide bonds. The number of pyridine rings is 1. The molecule has 1 N–H and O–H groups in total. The van der Waals surface area contributed by atoms with Crippen molar-refractivity contribution in [1.82, 2.24) is 14.7 Å². The average molecular weight is 554 g/mol. The van der Waals surface area contributed by atoms with Crippen molar-refractivity contribution in [2.75, 3.05) is 19.8 Å². The van der Waals surface area contributed by atoms with Gasteiger partial charge in [0.25, 0.3) is 0 Å². The Bertz CT molecular complexity index is 1680. The second kappa shape index (κ2) is 10.0. The molecule has 1 fully saturated rings. The van der Waals surface area contributed by atoms with Crippen LogP contribution in [0.15, 0.2) is 54.7 Å². The summed E-state index contributed by atoms with van der Waals surface area (Å²) in [5.74, 6) is 0.700. The van der Waals surface area contributed by atoms with Crippen LogP contribution in [-0.2, 0) is 24.3 Å². The first-order valence-electron chi connectivity index (χ1n) is 14.1. The lowest BCUT2D eigenvalue weighted by Crippen LogP contribution is -2.50. The van der Waals surface area contributed by atoms with Crippen LogP contribution in [0.3, 0.4) is 0 Å². The van der Waals surface area contributed by atoms with E-state index >= 15 is 0 Å². The predicted octanol–water partition coefficient (Wildman–Crippen LogP) is 4.39. The van der Waals surface area contributed by atoms with Gasteiger partial charge in [-0.2, -0.15) is 4.57 Å². The largest absolute Gasteiger partial charge is 0.488 e. The maximum absolute atomic E-state index is 11.7. The van der Waals surface area contributed by atoms with Crippen molar-refractivity contribution in [2.24, 2.45) is 0 Å². The topological polar surface area (TPSA) is 89.9 Å². The highest BCUT2D eigenvalue weighted by Gasteiger charge is 2.38. The summed E-state index contributed by atoms with van der Waals surface area (Å²) in [5.41, 5.74) is 8.27. The number of benzene rings is 2. The quantitative estimate of drug-likeness (QED) is 0.354. The zero-order chi connectivity index (χ0) is 28.2. The highest BCUT2D eigenvalue weighted by Crippen LogP contribution is 2.36.